The van der Waals surface area contributed by atoms with Gasteiger partial charge in [0.25, 0.3) is 0 Å². The smallest absolute Gasteiger partial charge is 0.0505 e. The van der Waals surface area contributed by atoms with Crippen molar-refractivity contribution in [3.63, 3.8) is 0 Å². The van der Waals surface area contributed by atoms with E-state index >= 15 is 0 Å². The molecule has 1 aliphatic carbocycles. The summed E-state index contributed by atoms with van der Waals surface area (Å²) in [7, 11) is 0. The highest BCUT2D eigenvalue weighted by molar-refractivity contribution is 6.38. The number of nitrogens with zero attached hydrogens (tertiary/aromatic N) is 1. The van der Waals surface area contributed by atoms with Crippen LogP contribution in [-0.2, 0) is 0 Å². The van der Waals surface area contributed by atoms with Crippen LogP contribution in [0, 0.1) is 0 Å². The molecule has 4 heteroatoms. The van der Waals surface area contributed by atoms with Crippen LogP contribution >= 0.6 is 34.8 Å². The van der Waals surface area contributed by atoms with E-state index in [1.165, 1.54) is 0 Å². The molecule has 1 aromatic heterocycles. The second-order valence-corrected chi connectivity index (χ2v) is 6.62. The number of pyridine rings is 1. The van der Waals surface area contributed by atoms with Gasteiger partial charge in [-0.1, -0.05) is 46.9 Å². The average Bonchev–Trinajstić information content (AvgIpc) is 2.82. The second-order valence-electron chi connectivity index (χ2n) is 5.34. The maximum atomic E-state index is 6.45. The molecular formula is C19H10Cl3N. The molecule has 1 nitrogen and oxygen atoms in total. The number of aromatic nitrogens is 1. The molecule has 3 aromatic rings. The van der Waals surface area contributed by atoms with Crippen molar-refractivity contribution >= 4 is 46.5 Å². The minimum atomic E-state index is 0.615. The van der Waals surface area contributed by atoms with Crippen LogP contribution in [0.4, 0.5) is 0 Å². The normalized spacial score (nSPS) is 14.0. The van der Waals surface area contributed by atoms with Gasteiger partial charge in [-0.05, 0) is 64.2 Å². The van der Waals surface area contributed by atoms with E-state index in [0.717, 1.165) is 33.4 Å². The van der Waals surface area contributed by atoms with Crippen molar-refractivity contribution in [2.75, 3.05) is 0 Å². The van der Waals surface area contributed by atoms with Gasteiger partial charge in [-0.2, -0.15) is 0 Å². The Labute approximate surface area is 149 Å². The highest BCUT2D eigenvalue weighted by atomic mass is 35.5. The summed E-state index contributed by atoms with van der Waals surface area (Å²) in [6.45, 7) is 0. The fourth-order valence-electron chi connectivity index (χ4n) is 2.95. The molecule has 0 amide bonds. The van der Waals surface area contributed by atoms with Crippen LogP contribution in [0.5, 0.6) is 0 Å². The molecule has 0 atom stereocenters. The van der Waals surface area contributed by atoms with Crippen LogP contribution < -0.4 is 0 Å². The number of benzene rings is 2. The summed E-state index contributed by atoms with van der Waals surface area (Å²) in [6, 6.07) is 13.5. The van der Waals surface area contributed by atoms with E-state index in [1.807, 2.05) is 42.6 Å². The minimum Gasteiger partial charge on any atom is -0.264 e. The number of hydrogen-bond acceptors (Lipinski definition) is 1. The molecule has 1 heterocycles. The first-order valence-corrected chi connectivity index (χ1v) is 8.18. The third-order valence-electron chi connectivity index (χ3n) is 3.88. The van der Waals surface area contributed by atoms with Gasteiger partial charge in [0.1, 0.15) is 0 Å². The fraction of sp³-hybridized carbons (Fsp3) is 0. The first-order chi connectivity index (χ1) is 11.1. The third kappa shape index (κ3) is 2.55. The van der Waals surface area contributed by atoms with Crippen molar-refractivity contribution < 1.29 is 0 Å². The van der Waals surface area contributed by atoms with E-state index < -0.39 is 0 Å². The second kappa shape index (κ2) is 5.68. The van der Waals surface area contributed by atoms with Crippen LogP contribution in [0.15, 0.2) is 54.9 Å². The van der Waals surface area contributed by atoms with Gasteiger partial charge in [0.2, 0.25) is 0 Å². The lowest BCUT2D eigenvalue weighted by atomic mass is 10.0. The standard InChI is InChI=1S/C19H10Cl3N/c20-12-3-4-14-16(7-12)15(6-11-2-1-5-23-10-11)17-8-13(21)9-18(22)19(14)17/h1-10H. The summed E-state index contributed by atoms with van der Waals surface area (Å²) in [4.78, 5) is 4.17. The summed E-state index contributed by atoms with van der Waals surface area (Å²) < 4.78 is 0. The molecule has 0 saturated heterocycles. The van der Waals surface area contributed by atoms with E-state index in [9.17, 15) is 0 Å². The van der Waals surface area contributed by atoms with Gasteiger partial charge >= 0.3 is 0 Å². The Morgan fingerprint density at radius 3 is 2.43 bits per heavy atom. The van der Waals surface area contributed by atoms with Crippen molar-refractivity contribution in [1.82, 2.24) is 4.98 Å². The Hall–Kier alpha value is -1.80. The molecule has 0 aliphatic heterocycles. The van der Waals surface area contributed by atoms with Gasteiger partial charge in [-0.25, -0.2) is 0 Å². The SMILES string of the molecule is Clc1ccc2c(c1)C(=Cc1cccnc1)c1cc(Cl)cc(Cl)c1-2. The van der Waals surface area contributed by atoms with Crippen LogP contribution in [0.3, 0.4) is 0 Å². The Kier molecular flexibility index (Phi) is 3.65. The molecule has 0 bridgehead atoms. The van der Waals surface area contributed by atoms with Crippen molar-refractivity contribution in [3.8, 4) is 11.1 Å². The zero-order chi connectivity index (χ0) is 16.0. The molecule has 0 spiro atoms. The molecule has 0 N–H and O–H groups in total. The summed E-state index contributed by atoms with van der Waals surface area (Å²) >= 11 is 18.9. The lowest BCUT2D eigenvalue weighted by Gasteiger charge is -2.05. The minimum absolute atomic E-state index is 0.615. The first kappa shape index (κ1) is 14.8. The predicted molar refractivity (Wildman–Crippen MR) is 98.1 cm³/mol. The third-order valence-corrected chi connectivity index (χ3v) is 4.63. The Morgan fingerprint density at radius 2 is 1.65 bits per heavy atom. The number of hydrogen-bond donors (Lipinski definition) is 0. The summed E-state index contributed by atoms with van der Waals surface area (Å²) in [5.74, 6) is 0. The summed E-state index contributed by atoms with van der Waals surface area (Å²) in [5.41, 5.74) is 6.20. The van der Waals surface area contributed by atoms with E-state index in [2.05, 4.69) is 11.1 Å². The molecule has 2 aromatic carbocycles. The van der Waals surface area contributed by atoms with Gasteiger partial charge in [0.05, 0.1) is 5.02 Å². The average molecular weight is 359 g/mol. The van der Waals surface area contributed by atoms with Crippen molar-refractivity contribution in [3.05, 3.63) is 86.6 Å². The van der Waals surface area contributed by atoms with Crippen LogP contribution in [0.1, 0.15) is 16.7 Å². The molecular weight excluding hydrogens is 349 g/mol. The maximum Gasteiger partial charge on any atom is 0.0505 e. The lowest BCUT2D eigenvalue weighted by Crippen LogP contribution is -1.84. The summed E-state index contributed by atoms with van der Waals surface area (Å²) in [6.07, 6.45) is 5.66. The van der Waals surface area contributed by atoms with Crippen LogP contribution in [0.2, 0.25) is 15.1 Å². The largest absolute Gasteiger partial charge is 0.264 e. The molecule has 1 aliphatic rings. The quantitative estimate of drug-likeness (QED) is 0.373. The molecule has 0 radical (unpaired) electrons. The molecule has 0 unspecified atom stereocenters. The van der Waals surface area contributed by atoms with E-state index in [0.29, 0.717) is 15.1 Å². The molecule has 23 heavy (non-hydrogen) atoms. The Balaban J connectivity index is 2.04. The fourth-order valence-corrected chi connectivity index (χ4v) is 3.71. The zero-order valence-electron chi connectivity index (χ0n) is 11.9. The van der Waals surface area contributed by atoms with Crippen molar-refractivity contribution in [2.24, 2.45) is 0 Å². The van der Waals surface area contributed by atoms with Gasteiger partial charge in [-0.15, -0.1) is 0 Å². The van der Waals surface area contributed by atoms with Crippen molar-refractivity contribution in [2.45, 2.75) is 0 Å². The zero-order valence-corrected chi connectivity index (χ0v) is 14.1. The molecule has 0 saturated carbocycles. The van der Waals surface area contributed by atoms with Gasteiger partial charge in [0, 0.05) is 28.0 Å². The number of fused-ring (bicyclic) bond motifs is 3. The molecule has 112 valence electrons. The Bertz CT molecular complexity index is 946. The summed E-state index contributed by atoms with van der Waals surface area (Å²) in [5, 5.41) is 1.95. The first-order valence-electron chi connectivity index (χ1n) is 7.05. The van der Waals surface area contributed by atoms with E-state index in [4.69, 9.17) is 34.8 Å². The van der Waals surface area contributed by atoms with Gasteiger partial charge in [-0.3, -0.25) is 4.98 Å². The van der Waals surface area contributed by atoms with Gasteiger partial charge in [0.15, 0.2) is 0 Å². The highest BCUT2D eigenvalue weighted by Crippen LogP contribution is 2.49. The monoisotopic (exact) mass is 357 g/mol. The van der Waals surface area contributed by atoms with Crippen molar-refractivity contribution in [1.29, 1.82) is 0 Å². The topological polar surface area (TPSA) is 12.9 Å². The van der Waals surface area contributed by atoms with Crippen LogP contribution in [0.25, 0.3) is 22.8 Å². The van der Waals surface area contributed by atoms with E-state index in [1.54, 1.807) is 12.3 Å². The maximum absolute atomic E-state index is 6.45. The molecule has 0 fully saturated rings. The number of rotatable bonds is 1. The number of halogens is 3. The van der Waals surface area contributed by atoms with E-state index in [-0.39, 0.29) is 0 Å². The lowest BCUT2D eigenvalue weighted by molar-refractivity contribution is 1.32. The highest BCUT2D eigenvalue weighted by Gasteiger charge is 2.26. The predicted octanol–water partition coefficient (Wildman–Crippen LogP) is 6.61. The van der Waals surface area contributed by atoms with Gasteiger partial charge < -0.3 is 0 Å². The molecule has 4 rings (SSSR count). The Morgan fingerprint density at radius 1 is 0.826 bits per heavy atom. The van der Waals surface area contributed by atoms with Crippen LogP contribution in [-0.4, -0.2) is 4.98 Å².